The summed E-state index contributed by atoms with van der Waals surface area (Å²) in [6, 6.07) is 0. The molecule has 0 aliphatic carbocycles. The van der Waals surface area contributed by atoms with Crippen LogP contribution in [0.2, 0.25) is 0 Å². The van der Waals surface area contributed by atoms with E-state index in [1.807, 2.05) is 0 Å². The number of cyclic esters (lactones) is 1. The monoisotopic (exact) mass is 148 g/mol. The molecule has 1 atom stereocenters. The minimum Gasteiger partial charge on any atom is -0.454 e. The van der Waals surface area contributed by atoms with Crippen molar-refractivity contribution in [3.63, 3.8) is 0 Å². The molecule has 0 bridgehead atoms. The lowest BCUT2D eigenvalue weighted by Crippen LogP contribution is -2.41. The molecule has 58 valence electrons. The standard InChI is InChI=1S/C5H8O5/c6-4-2-1-3(10-4)5(7,8)9/h3,7-9H,1-2H2. The average molecular weight is 148 g/mol. The second-order valence-electron chi connectivity index (χ2n) is 2.20. The molecule has 1 aliphatic rings. The van der Waals surface area contributed by atoms with Gasteiger partial charge < -0.3 is 20.1 Å². The summed E-state index contributed by atoms with van der Waals surface area (Å²) in [7, 11) is 0. The first-order chi connectivity index (χ1) is 4.50. The largest absolute Gasteiger partial charge is 0.454 e. The molecule has 0 spiro atoms. The lowest BCUT2D eigenvalue weighted by Gasteiger charge is -2.19. The lowest BCUT2D eigenvalue weighted by atomic mass is 10.2. The van der Waals surface area contributed by atoms with Crippen LogP contribution in [0.4, 0.5) is 0 Å². The second-order valence-corrected chi connectivity index (χ2v) is 2.20. The van der Waals surface area contributed by atoms with Crippen LogP contribution < -0.4 is 0 Å². The van der Waals surface area contributed by atoms with E-state index in [1.54, 1.807) is 0 Å². The molecule has 0 aromatic carbocycles. The smallest absolute Gasteiger partial charge is 0.314 e. The van der Waals surface area contributed by atoms with Gasteiger partial charge in [-0.15, -0.1) is 0 Å². The maximum Gasteiger partial charge on any atom is 0.314 e. The Bertz CT molecular complexity index is 147. The number of esters is 1. The van der Waals surface area contributed by atoms with Crippen LogP contribution in [0.3, 0.4) is 0 Å². The molecule has 1 unspecified atom stereocenters. The normalized spacial score (nSPS) is 26.7. The van der Waals surface area contributed by atoms with Crippen LogP contribution in [-0.2, 0) is 9.53 Å². The summed E-state index contributed by atoms with van der Waals surface area (Å²) in [5, 5.41) is 25.4. The predicted octanol–water partition coefficient (Wildman–Crippen LogP) is -1.68. The van der Waals surface area contributed by atoms with Gasteiger partial charge in [-0.05, 0) is 0 Å². The molecule has 0 aromatic rings. The zero-order chi connectivity index (χ0) is 7.78. The van der Waals surface area contributed by atoms with Gasteiger partial charge in [0.1, 0.15) is 0 Å². The molecule has 0 radical (unpaired) electrons. The predicted molar refractivity (Wildman–Crippen MR) is 28.5 cm³/mol. The topological polar surface area (TPSA) is 87.0 Å². The van der Waals surface area contributed by atoms with E-state index in [4.69, 9.17) is 15.3 Å². The van der Waals surface area contributed by atoms with E-state index in [-0.39, 0.29) is 12.8 Å². The fraction of sp³-hybridized carbons (Fsp3) is 0.800. The third-order valence-electron chi connectivity index (χ3n) is 1.32. The van der Waals surface area contributed by atoms with Crippen LogP contribution in [0.15, 0.2) is 0 Å². The Hall–Kier alpha value is -0.650. The van der Waals surface area contributed by atoms with Crippen LogP contribution in [0, 0.1) is 0 Å². The van der Waals surface area contributed by atoms with E-state index in [0.29, 0.717) is 0 Å². The van der Waals surface area contributed by atoms with E-state index in [1.165, 1.54) is 0 Å². The van der Waals surface area contributed by atoms with Crippen molar-refractivity contribution in [2.45, 2.75) is 24.9 Å². The molecule has 0 aromatic heterocycles. The van der Waals surface area contributed by atoms with Gasteiger partial charge >= 0.3 is 11.9 Å². The second kappa shape index (κ2) is 2.19. The molecule has 0 amide bonds. The number of hydrogen-bond acceptors (Lipinski definition) is 5. The van der Waals surface area contributed by atoms with Crippen molar-refractivity contribution in [2.24, 2.45) is 0 Å². The number of hydrogen-bond donors (Lipinski definition) is 3. The Morgan fingerprint density at radius 2 is 2.10 bits per heavy atom. The summed E-state index contributed by atoms with van der Waals surface area (Å²) in [5.74, 6) is -3.40. The third kappa shape index (κ3) is 1.44. The van der Waals surface area contributed by atoms with Gasteiger partial charge in [-0.3, -0.25) is 4.79 Å². The maximum atomic E-state index is 10.3. The number of carbonyl (C=O) groups excluding carboxylic acids is 1. The highest BCUT2D eigenvalue weighted by Gasteiger charge is 2.39. The SMILES string of the molecule is O=C1CCC(C(O)(O)O)O1. The molecular weight excluding hydrogens is 140 g/mol. The van der Waals surface area contributed by atoms with Gasteiger partial charge in [0.15, 0.2) is 6.10 Å². The number of aliphatic hydroxyl groups is 3. The van der Waals surface area contributed by atoms with Crippen molar-refractivity contribution >= 4 is 5.97 Å². The number of carbonyl (C=O) groups is 1. The Morgan fingerprint density at radius 1 is 1.50 bits per heavy atom. The maximum absolute atomic E-state index is 10.3. The van der Waals surface area contributed by atoms with Gasteiger partial charge in [-0.1, -0.05) is 0 Å². The van der Waals surface area contributed by atoms with Gasteiger partial charge in [-0.25, -0.2) is 0 Å². The lowest BCUT2D eigenvalue weighted by molar-refractivity contribution is -0.351. The molecule has 1 aliphatic heterocycles. The highest BCUT2D eigenvalue weighted by molar-refractivity contribution is 5.71. The molecule has 10 heavy (non-hydrogen) atoms. The Labute approximate surface area is 56.9 Å². The minimum absolute atomic E-state index is 0.119. The van der Waals surface area contributed by atoms with E-state index >= 15 is 0 Å². The van der Waals surface area contributed by atoms with Crippen LogP contribution in [-0.4, -0.2) is 33.4 Å². The first-order valence-electron chi connectivity index (χ1n) is 2.87. The van der Waals surface area contributed by atoms with Gasteiger partial charge in [-0.2, -0.15) is 0 Å². The highest BCUT2D eigenvalue weighted by Crippen LogP contribution is 2.20. The molecular formula is C5H8O5. The summed E-state index contributed by atoms with van der Waals surface area (Å²) >= 11 is 0. The zero-order valence-electron chi connectivity index (χ0n) is 5.15. The Kier molecular flexibility index (Phi) is 1.63. The van der Waals surface area contributed by atoms with Crippen LogP contribution in [0.1, 0.15) is 12.8 Å². The van der Waals surface area contributed by atoms with E-state index < -0.39 is 18.0 Å². The first-order valence-corrected chi connectivity index (χ1v) is 2.87. The molecule has 1 saturated heterocycles. The van der Waals surface area contributed by atoms with Crippen LogP contribution in [0.25, 0.3) is 0 Å². The van der Waals surface area contributed by atoms with Gasteiger partial charge in [0, 0.05) is 12.8 Å². The van der Waals surface area contributed by atoms with Crippen molar-refractivity contribution in [2.75, 3.05) is 0 Å². The van der Waals surface area contributed by atoms with Crippen molar-refractivity contribution in [3.05, 3.63) is 0 Å². The first kappa shape index (κ1) is 7.46. The molecule has 5 nitrogen and oxygen atoms in total. The summed E-state index contributed by atoms with van der Waals surface area (Å²) in [6.07, 6.45) is -0.934. The van der Waals surface area contributed by atoms with Crippen molar-refractivity contribution < 1.29 is 24.9 Å². The van der Waals surface area contributed by atoms with Crippen LogP contribution >= 0.6 is 0 Å². The van der Waals surface area contributed by atoms with E-state index in [9.17, 15) is 4.79 Å². The van der Waals surface area contributed by atoms with Crippen molar-refractivity contribution in [1.82, 2.24) is 0 Å². The van der Waals surface area contributed by atoms with Gasteiger partial charge in [0.05, 0.1) is 0 Å². The number of ether oxygens (including phenoxy) is 1. The fourth-order valence-electron chi connectivity index (χ4n) is 0.798. The Morgan fingerprint density at radius 3 is 2.30 bits per heavy atom. The van der Waals surface area contributed by atoms with E-state index in [0.717, 1.165) is 0 Å². The van der Waals surface area contributed by atoms with Gasteiger partial charge in [0.25, 0.3) is 0 Å². The fourth-order valence-corrected chi connectivity index (χ4v) is 0.798. The third-order valence-corrected chi connectivity index (χ3v) is 1.32. The van der Waals surface area contributed by atoms with E-state index in [2.05, 4.69) is 4.74 Å². The minimum atomic E-state index is -2.88. The van der Waals surface area contributed by atoms with Crippen LogP contribution in [0.5, 0.6) is 0 Å². The molecule has 5 heteroatoms. The quantitative estimate of drug-likeness (QED) is 0.305. The van der Waals surface area contributed by atoms with Gasteiger partial charge in [0.2, 0.25) is 0 Å². The number of rotatable bonds is 1. The molecule has 1 rings (SSSR count). The summed E-state index contributed by atoms with van der Waals surface area (Å²) < 4.78 is 4.34. The molecule has 1 heterocycles. The zero-order valence-corrected chi connectivity index (χ0v) is 5.15. The molecule has 0 saturated carbocycles. The average Bonchev–Trinajstić information content (AvgIpc) is 2.11. The summed E-state index contributed by atoms with van der Waals surface area (Å²) in [6.45, 7) is 0. The molecule has 1 fully saturated rings. The summed E-state index contributed by atoms with van der Waals surface area (Å²) in [4.78, 5) is 10.3. The molecule has 3 N–H and O–H groups in total. The van der Waals surface area contributed by atoms with Crippen molar-refractivity contribution in [1.29, 1.82) is 0 Å². The van der Waals surface area contributed by atoms with Crippen molar-refractivity contribution in [3.8, 4) is 0 Å². The Balaban J connectivity index is 2.53. The highest BCUT2D eigenvalue weighted by atomic mass is 16.7. The summed E-state index contributed by atoms with van der Waals surface area (Å²) in [5.41, 5.74) is 0.